The van der Waals surface area contributed by atoms with Crippen molar-refractivity contribution in [1.82, 2.24) is 4.31 Å². The summed E-state index contributed by atoms with van der Waals surface area (Å²) in [5, 5.41) is 0.0331. The molecule has 2 aliphatic carbocycles. The molecule has 18 heavy (non-hydrogen) atoms. The average molecular weight is 290 g/mol. The van der Waals surface area contributed by atoms with Crippen LogP contribution in [0, 0.1) is 5.92 Å². The Morgan fingerprint density at radius 3 is 2.50 bits per heavy atom. The highest BCUT2D eigenvalue weighted by Gasteiger charge is 2.42. The van der Waals surface area contributed by atoms with Gasteiger partial charge in [-0.3, -0.25) is 0 Å². The van der Waals surface area contributed by atoms with E-state index in [9.17, 15) is 8.42 Å². The summed E-state index contributed by atoms with van der Waals surface area (Å²) in [5.41, 5.74) is 0. The minimum Gasteiger partial charge on any atom is -0.447 e. The molecule has 4 nitrogen and oxygen atoms in total. The van der Waals surface area contributed by atoms with Gasteiger partial charge >= 0.3 is 0 Å². The van der Waals surface area contributed by atoms with Crippen LogP contribution in [0.1, 0.15) is 31.4 Å². The molecule has 0 atom stereocenters. The van der Waals surface area contributed by atoms with Gasteiger partial charge in [-0.05, 0) is 43.7 Å². The molecule has 2 saturated carbocycles. The summed E-state index contributed by atoms with van der Waals surface area (Å²) in [4.78, 5) is 0. The Kier molecular flexibility index (Phi) is 3.16. The lowest BCUT2D eigenvalue weighted by atomic mass is 10.4. The zero-order chi connectivity index (χ0) is 12.8. The Balaban J connectivity index is 1.85. The molecule has 0 aromatic carbocycles. The average Bonchev–Trinajstić information content (AvgIpc) is 3.24. The highest BCUT2D eigenvalue weighted by Crippen LogP contribution is 2.38. The number of alkyl halides is 1. The Labute approximate surface area is 112 Å². The molecule has 3 rings (SSSR count). The SMILES string of the molecule is O=S(=O)(c1ccc(CCl)o1)N(CC1CC1)C1CC1. The molecule has 0 N–H and O–H groups in total. The predicted octanol–water partition coefficient (Wildman–Crippen LogP) is 2.58. The molecule has 100 valence electrons. The molecule has 0 bridgehead atoms. The normalized spacial score (nSPS) is 20.6. The van der Waals surface area contributed by atoms with Gasteiger partial charge in [0.15, 0.2) is 0 Å². The summed E-state index contributed by atoms with van der Waals surface area (Å²) in [6.45, 7) is 0.643. The van der Waals surface area contributed by atoms with Crippen LogP contribution in [0.4, 0.5) is 0 Å². The first-order valence-corrected chi connectivity index (χ1v) is 8.25. The second-order valence-electron chi connectivity index (χ2n) is 5.10. The van der Waals surface area contributed by atoms with E-state index in [4.69, 9.17) is 16.0 Å². The molecule has 1 aromatic rings. The third-order valence-corrected chi connectivity index (χ3v) is 5.48. The monoisotopic (exact) mass is 289 g/mol. The summed E-state index contributed by atoms with van der Waals surface area (Å²) >= 11 is 5.64. The quantitative estimate of drug-likeness (QED) is 0.756. The van der Waals surface area contributed by atoms with Crippen LogP contribution in [0.15, 0.2) is 21.6 Å². The van der Waals surface area contributed by atoms with Gasteiger partial charge in [0.1, 0.15) is 5.76 Å². The van der Waals surface area contributed by atoms with Crippen LogP contribution in [-0.4, -0.2) is 25.3 Å². The van der Waals surface area contributed by atoms with Gasteiger partial charge in [-0.25, -0.2) is 8.42 Å². The Morgan fingerprint density at radius 1 is 1.28 bits per heavy atom. The lowest BCUT2D eigenvalue weighted by molar-refractivity contribution is 0.357. The standard InChI is InChI=1S/C12H16ClNO3S/c13-7-11-5-6-12(17-11)18(15,16)14(10-3-4-10)8-9-1-2-9/h5-6,9-10H,1-4,7-8H2. The van der Waals surface area contributed by atoms with Crippen LogP contribution in [0.25, 0.3) is 0 Å². The molecular formula is C12H16ClNO3S. The maximum absolute atomic E-state index is 12.5. The van der Waals surface area contributed by atoms with Crippen molar-refractivity contribution in [2.24, 2.45) is 5.92 Å². The van der Waals surface area contributed by atoms with Crippen LogP contribution in [0.2, 0.25) is 0 Å². The summed E-state index contributed by atoms with van der Waals surface area (Å²) in [7, 11) is -3.47. The molecule has 0 unspecified atom stereocenters. The molecule has 0 aliphatic heterocycles. The number of rotatable bonds is 6. The molecule has 1 heterocycles. The van der Waals surface area contributed by atoms with Gasteiger partial charge in [-0.1, -0.05) is 0 Å². The number of sulfonamides is 1. The zero-order valence-electron chi connectivity index (χ0n) is 10.0. The fourth-order valence-corrected chi connectivity index (χ4v) is 3.88. The fourth-order valence-electron chi connectivity index (χ4n) is 2.05. The topological polar surface area (TPSA) is 50.5 Å². The maximum Gasteiger partial charge on any atom is 0.276 e. The Hall–Kier alpha value is -0.520. The highest BCUT2D eigenvalue weighted by atomic mass is 35.5. The molecule has 1 aromatic heterocycles. The van der Waals surface area contributed by atoms with E-state index in [0.29, 0.717) is 18.2 Å². The van der Waals surface area contributed by atoms with E-state index in [2.05, 4.69) is 0 Å². The summed E-state index contributed by atoms with van der Waals surface area (Å²) < 4.78 is 31.9. The maximum atomic E-state index is 12.5. The van der Waals surface area contributed by atoms with E-state index in [0.717, 1.165) is 25.7 Å². The first kappa shape index (κ1) is 12.5. The van der Waals surface area contributed by atoms with Crippen molar-refractivity contribution in [2.45, 2.75) is 42.7 Å². The van der Waals surface area contributed by atoms with E-state index in [1.165, 1.54) is 6.07 Å². The lowest BCUT2D eigenvalue weighted by Crippen LogP contribution is -2.34. The zero-order valence-corrected chi connectivity index (χ0v) is 11.6. The second-order valence-corrected chi connectivity index (χ2v) is 7.19. The highest BCUT2D eigenvalue weighted by molar-refractivity contribution is 7.89. The van der Waals surface area contributed by atoms with Crippen LogP contribution < -0.4 is 0 Å². The van der Waals surface area contributed by atoms with E-state index >= 15 is 0 Å². The first-order chi connectivity index (χ1) is 8.61. The minimum absolute atomic E-state index is 0.0331. The number of hydrogen-bond donors (Lipinski definition) is 0. The van der Waals surface area contributed by atoms with Crippen LogP contribution >= 0.6 is 11.6 Å². The van der Waals surface area contributed by atoms with Gasteiger partial charge in [0.05, 0.1) is 5.88 Å². The van der Waals surface area contributed by atoms with Crippen molar-refractivity contribution < 1.29 is 12.8 Å². The van der Waals surface area contributed by atoms with Gasteiger partial charge in [0.2, 0.25) is 5.09 Å². The van der Waals surface area contributed by atoms with Crippen molar-refractivity contribution in [3.63, 3.8) is 0 Å². The van der Waals surface area contributed by atoms with E-state index in [-0.39, 0.29) is 17.0 Å². The van der Waals surface area contributed by atoms with Crippen molar-refractivity contribution in [3.8, 4) is 0 Å². The third-order valence-electron chi connectivity index (χ3n) is 3.42. The van der Waals surface area contributed by atoms with Gasteiger partial charge in [0.25, 0.3) is 10.0 Å². The Bertz CT molecular complexity index is 531. The van der Waals surface area contributed by atoms with E-state index in [1.807, 2.05) is 0 Å². The fraction of sp³-hybridized carbons (Fsp3) is 0.667. The molecule has 2 aliphatic rings. The Morgan fingerprint density at radius 2 is 2.00 bits per heavy atom. The third kappa shape index (κ3) is 2.44. The lowest BCUT2D eigenvalue weighted by Gasteiger charge is -2.20. The molecule has 6 heteroatoms. The summed E-state index contributed by atoms with van der Waals surface area (Å²) in [6.07, 6.45) is 4.22. The van der Waals surface area contributed by atoms with Gasteiger partial charge in [0, 0.05) is 12.6 Å². The van der Waals surface area contributed by atoms with Gasteiger partial charge in [-0.2, -0.15) is 4.31 Å². The van der Waals surface area contributed by atoms with Gasteiger partial charge in [-0.15, -0.1) is 11.6 Å². The van der Waals surface area contributed by atoms with Gasteiger partial charge < -0.3 is 4.42 Å². The van der Waals surface area contributed by atoms with Crippen LogP contribution in [0.3, 0.4) is 0 Å². The molecule has 2 fully saturated rings. The summed E-state index contributed by atoms with van der Waals surface area (Å²) in [6, 6.07) is 3.32. The minimum atomic E-state index is -3.47. The molecule has 0 saturated heterocycles. The van der Waals surface area contributed by atoms with Crippen molar-refractivity contribution in [2.75, 3.05) is 6.54 Å². The van der Waals surface area contributed by atoms with Crippen molar-refractivity contribution >= 4 is 21.6 Å². The molecule has 0 spiro atoms. The largest absolute Gasteiger partial charge is 0.447 e. The van der Waals surface area contributed by atoms with E-state index < -0.39 is 10.0 Å². The second kappa shape index (κ2) is 4.54. The van der Waals surface area contributed by atoms with Crippen LogP contribution in [-0.2, 0) is 15.9 Å². The number of furan rings is 1. The predicted molar refractivity (Wildman–Crippen MR) is 67.9 cm³/mol. The smallest absolute Gasteiger partial charge is 0.276 e. The molecule has 0 radical (unpaired) electrons. The molecular weight excluding hydrogens is 274 g/mol. The van der Waals surface area contributed by atoms with Crippen molar-refractivity contribution in [3.05, 3.63) is 17.9 Å². The van der Waals surface area contributed by atoms with Crippen molar-refractivity contribution in [1.29, 1.82) is 0 Å². The number of hydrogen-bond acceptors (Lipinski definition) is 3. The number of nitrogens with zero attached hydrogens (tertiary/aromatic N) is 1. The summed E-state index contributed by atoms with van der Waals surface area (Å²) in [5.74, 6) is 1.24. The van der Waals surface area contributed by atoms with E-state index in [1.54, 1.807) is 10.4 Å². The first-order valence-electron chi connectivity index (χ1n) is 6.28. The number of halogens is 1. The molecule has 0 amide bonds. The van der Waals surface area contributed by atoms with Crippen LogP contribution in [0.5, 0.6) is 0 Å².